The number of ether oxygens (including phenoxy) is 1. The molecule has 16 heavy (non-hydrogen) atoms. The van der Waals surface area contributed by atoms with Gasteiger partial charge in [-0.15, -0.1) is 0 Å². The minimum absolute atomic E-state index is 0.275. The lowest BCUT2D eigenvalue weighted by Crippen LogP contribution is -2.24. The average molecular weight is 221 g/mol. The number of phenolic OH excluding ortho intramolecular Hbond substituents is 1. The van der Waals surface area contributed by atoms with E-state index in [1.807, 2.05) is 6.92 Å². The summed E-state index contributed by atoms with van der Waals surface area (Å²) in [5, 5.41) is 13.0. The molecule has 1 atom stereocenters. The van der Waals surface area contributed by atoms with Gasteiger partial charge in [-0.05, 0) is 49.9 Å². The van der Waals surface area contributed by atoms with E-state index >= 15 is 0 Å². The molecule has 1 aliphatic heterocycles. The van der Waals surface area contributed by atoms with E-state index in [2.05, 4.69) is 5.32 Å². The Hall–Kier alpha value is -1.22. The molecule has 1 aliphatic rings. The zero-order valence-electron chi connectivity index (χ0n) is 9.92. The number of nitrogens with one attached hydrogen (secondary N) is 1. The lowest BCUT2D eigenvalue weighted by Gasteiger charge is -2.16. The van der Waals surface area contributed by atoms with Crippen molar-refractivity contribution in [2.75, 3.05) is 13.7 Å². The van der Waals surface area contributed by atoms with Gasteiger partial charge < -0.3 is 15.2 Å². The van der Waals surface area contributed by atoms with E-state index in [4.69, 9.17) is 4.74 Å². The number of hydrogen-bond donors (Lipinski definition) is 2. The van der Waals surface area contributed by atoms with Crippen molar-refractivity contribution in [3.63, 3.8) is 0 Å². The molecule has 0 radical (unpaired) electrons. The molecule has 1 unspecified atom stereocenters. The van der Waals surface area contributed by atoms with Crippen LogP contribution in [0.2, 0.25) is 0 Å². The minimum atomic E-state index is 0.275. The Morgan fingerprint density at radius 3 is 2.94 bits per heavy atom. The van der Waals surface area contributed by atoms with Crippen molar-refractivity contribution in [1.82, 2.24) is 5.32 Å². The Morgan fingerprint density at radius 1 is 1.50 bits per heavy atom. The van der Waals surface area contributed by atoms with Gasteiger partial charge in [0.1, 0.15) is 11.5 Å². The predicted molar refractivity (Wildman–Crippen MR) is 64.1 cm³/mol. The number of hydrogen-bond acceptors (Lipinski definition) is 3. The highest BCUT2D eigenvalue weighted by molar-refractivity contribution is 5.46. The van der Waals surface area contributed by atoms with E-state index in [0.29, 0.717) is 6.04 Å². The van der Waals surface area contributed by atoms with Crippen LogP contribution in [0.15, 0.2) is 12.1 Å². The van der Waals surface area contributed by atoms with Crippen LogP contribution >= 0.6 is 0 Å². The topological polar surface area (TPSA) is 41.5 Å². The summed E-state index contributed by atoms with van der Waals surface area (Å²) in [6.07, 6.45) is 3.46. The molecular weight excluding hydrogens is 202 g/mol. The van der Waals surface area contributed by atoms with Gasteiger partial charge in [0.25, 0.3) is 0 Å². The Labute approximate surface area is 96.4 Å². The van der Waals surface area contributed by atoms with E-state index in [1.165, 1.54) is 18.4 Å². The first-order chi connectivity index (χ1) is 7.70. The summed E-state index contributed by atoms with van der Waals surface area (Å²) in [6, 6.07) is 4.04. The molecular formula is C13H19NO2. The van der Waals surface area contributed by atoms with Crippen molar-refractivity contribution in [2.24, 2.45) is 0 Å². The summed E-state index contributed by atoms with van der Waals surface area (Å²) in [6.45, 7) is 3.14. The second-order valence-electron chi connectivity index (χ2n) is 4.44. The highest BCUT2D eigenvalue weighted by atomic mass is 16.5. The standard InChI is InChI=1S/C13H19NO2/c1-9-6-11(15)8-13(16-2)12(9)7-10-4-3-5-14-10/h6,8,10,14-15H,3-5,7H2,1-2H3. The maximum absolute atomic E-state index is 9.51. The summed E-state index contributed by atoms with van der Waals surface area (Å²) in [7, 11) is 1.65. The highest BCUT2D eigenvalue weighted by Gasteiger charge is 2.18. The minimum Gasteiger partial charge on any atom is -0.508 e. The summed E-state index contributed by atoms with van der Waals surface area (Å²) in [4.78, 5) is 0. The lowest BCUT2D eigenvalue weighted by atomic mass is 9.99. The van der Waals surface area contributed by atoms with E-state index < -0.39 is 0 Å². The van der Waals surface area contributed by atoms with Gasteiger partial charge >= 0.3 is 0 Å². The number of benzene rings is 1. The van der Waals surface area contributed by atoms with Gasteiger partial charge in [0, 0.05) is 12.1 Å². The van der Waals surface area contributed by atoms with Crippen LogP contribution < -0.4 is 10.1 Å². The van der Waals surface area contributed by atoms with Crippen molar-refractivity contribution in [3.05, 3.63) is 23.3 Å². The summed E-state index contributed by atoms with van der Waals surface area (Å²) in [5.74, 6) is 1.07. The van der Waals surface area contributed by atoms with Gasteiger partial charge in [-0.3, -0.25) is 0 Å². The number of phenols is 1. The molecule has 3 nitrogen and oxygen atoms in total. The quantitative estimate of drug-likeness (QED) is 0.820. The summed E-state index contributed by atoms with van der Waals surface area (Å²) >= 11 is 0. The maximum atomic E-state index is 9.51. The van der Waals surface area contributed by atoms with Crippen LogP contribution in [0, 0.1) is 6.92 Å². The molecule has 88 valence electrons. The molecule has 0 spiro atoms. The van der Waals surface area contributed by atoms with Crippen molar-refractivity contribution in [3.8, 4) is 11.5 Å². The largest absolute Gasteiger partial charge is 0.508 e. The molecule has 0 aromatic heterocycles. The number of aromatic hydroxyl groups is 1. The summed E-state index contributed by atoms with van der Waals surface area (Å²) < 4.78 is 5.33. The van der Waals surface area contributed by atoms with E-state index in [1.54, 1.807) is 19.2 Å². The molecule has 0 saturated carbocycles. The second kappa shape index (κ2) is 4.74. The van der Waals surface area contributed by atoms with E-state index in [-0.39, 0.29) is 5.75 Å². The monoisotopic (exact) mass is 221 g/mol. The molecule has 0 amide bonds. The zero-order chi connectivity index (χ0) is 11.5. The Bertz CT molecular complexity index is 370. The molecule has 1 aromatic carbocycles. The van der Waals surface area contributed by atoms with Crippen LogP contribution in [0.25, 0.3) is 0 Å². The molecule has 2 N–H and O–H groups in total. The van der Waals surface area contributed by atoms with Crippen molar-refractivity contribution >= 4 is 0 Å². The smallest absolute Gasteiger partial charge is 0.126 e. The first kappa shape index (κ1) is 11.3. The van der Waals surface area contributed by atoms with E-state index in [9.17, 15) is 5.11 Å². The van der Waals surface area contributed by atoms with Crippen LogP contribution in [0.4, 0.5) is 0 Å². The van der Waals surface area contributed by atoms with E-state index in [0.717, 1.165) is 24.3 Å². The molecule has 2 rings (SSSR count). The van der Waals surface area contributed by atoms with Gasteiger partial charge in [-0.1, -0.05) is 0 Å². The fourth-order valence-corrected chi connectivity index (χ4v) is 2.39. The predicted octanol–water partition coefficient (Wildman–Crippen LogP) is 2.00. The van der Waals surface area contributed by atoms with Gasteiger partial charge in [0.15, 0.2) is 0 Å². The SMILES string of the molecule is COc1cc(O)cc(C)c1CC1CCCN1. The van der Waals surface area contributed by atoms with Gasteiger partial charge in [0.2, 0.25) is 0 Å². The number of rotatable bonds is 3. The lowest BCUT2D eigenvalue weighted by molar-refractivity contribution is 0.399. The summed E-state index contributed by atoms with van der Waals surface area (Å²) in [5.41, 5.74) is 2.31. The molecule has 1 aromatic rings. The highest BCUT2D eigenvalue weighted by Crippen LogP contribution is 2.29. The second-order valence-corrected chi connectivity index (χ2v) is 4.44. The number of aryl methyl sites for hydroxylation is 1. The molecule has 0 aliphatic carbocycles. The normalized spacial score (nSPS) is 20.0. The Kier molecular flexibility index (Phi) is 3.34. The van der Waals surface area contributed by atoms with Crippen LogP contribution in [-0.4, -0.2) is 24.8 Å². The molecule has 1 saturated heterocycles. The Morgan fingerprint density at radius 2 is 2.31 bits per heavy atom. The third-order valence-electron chi connectivity index (χ3n) is 3.25. The fourth-order valence-electron chi connectivity index (χ4n) is 2.39. The average Bonchev–Trinajstić information content (AvgIpc) is 2.74. The first-order valence-corrected chi connectivity index (χ1v) is 5.80. The third-order valence-corrected chi connectivity index (χ3v) is 3.25. The van der Waals surface area contributed by atoms with Gasteiger partial charge in [-0.25, -0.2) is 0 Å². The fraction of sp³-hybridized carbons (Fsp3) is 0.538. The van der Waals surface area contributed by atoms with Crippen LogP contribution in [0.1, 0.15) is 24.0 Å². The molecule has 3 heteroatoms. The van der Waals surface area contributed by atoms with Crippen molar-refractivity contribution in [1.29, 1.82) is 0 Å². The number of methoxy groups -OCH3 is 1. The Balaban J connectivity index is 2.23. The van der Waals surface area contributed by atoms with Gasteiger partial charge in [-0.2, -0.15) is 0 Å². The van der Waals surface area contributed by atoms with Crippen molar-refractivity contribution in [2.45, 2.75) is 32.2 Å². The molecule has 1 fully saturated rings. The maximum Gasteiger partial charge on any atom is 0.126 e. The van der Waals surface area contributed by atoms with Crippen molar-refractivity contribution < 1.29 is 9.84 Å². The zero-order valence-corrected chi connectivity index (χ0v) is 9.92. The van der Waals surface area contributed by atoms with Gasteiger partial charge in [0.05, 0.1) is 7.11 Å². The van der Waals surface area contributed by atoms with Crippen LogP contribution in [0.3, 0.4) is 0 Å². The van der Waals surface area contributed by atoms with Crippen LogP contribution in [0.5, 0.6) is 11.5 Å². The first-order valence-electron chi connectivity index (χ1n) is 5.80. The molecule has 0 bridgehead atoms. The molecule has 1 heterocycles. The third kappa shape index (κ3) is 2.30. The van der Waals surface area contributed by atoms with Crippen LogP contribution in [-0.2, 0) is 6.42 Å².